The number of piperazine rings is 1. The van der Waals surface area contributed by atoms with Crippen molar-refractivity contribution < 1.29 is 4.79 Å². The third-order valence-corrected chi connectivity index (χ3v) is 4.64. The fourth-order valence-corrected chi connectivity index (χ4v) is 3.36. The van der Waals surface area contributed by atoms with Gasteiger partial charge < -0.3 is 4.90 Å². The topological polar surface area (TPSA) is 36.4 Å². The number of pyridine rings is 1. The number of carbonyl (C=O) groups excluding carboxylic acids is 1. The van der Waals surface area contributed by atoms with Crippen molar-refractivity contribution in [1.29, 1.82) is 0 Å². The van der Waals surface area contributed by atoms with E-state index in [1.807, 2.05) is 4.90 Å². The summed E-state index contributed by atoms with van der Waals surface area (Å²) in [6.07, 6.45) is 6.94. The van der Waals surface area contributed by atoms with Crippen LogP contribution in [0.25, 0.3) is 0 Å². The summed E-state index contributed by atoms with van der Waals surface area (Å²) in [7, 11) is 0. The van der Waals surface area contributed by atoms with Crippen molar-refractivity contribution in [3.05, 3.63) is 29.0 Å². The molecule has 0 aromatic carbocycles. The standard InChI is InChI=1S/C15H20ClN3O/c16-14-6-5-12(11-17-14)15(20)19-9-7-18(8-10-19)13-3-1-2-4-13/h5-6,11,13H,1-4,7-10H2. The highest BCUT2D eigenvalue weighted by molar-refractivity contribution is 6.29. The molecule has 0 N–H and O–H groups in total. The molecule has 2 heterocycles. The maximum atomic E-state index is 12.4. The van der Waals surface area contributed by atoms with Gasteiger partial charge in [-0.2, -0.15) is 0 Å². The highest BCUT2D eigenvalue weighted by Crippen LogP contribution is 2.24. The van der Waals surface area contributed by atoms with Crippen molar-refractivity contribution >= 4 is 17.5 Å². The summed E-state index contributed by atoms with van der Waals surface area (Å²) in [6.45, 7) is 3.63. The third-order valence-electron chi connectivity index (χ3n) is 4.42. The van der Waals surface area contributed by atoms with E-state index in [2.05, 4.69) is 9.88 Å². The van der Waals surface area contributed by atoms with E-state index in [0.717, 1.165) is 32.2 Å². The van der Waals surface area contributed by atoms with Gasteiger partial charge in [0, 0.05) is 38.4 Å². The van der Waals surface area contributed by atoms with E-state index in [9.17, 15) is 4.79 Å². The summed E-state index contributed by atoms with van der Waals surface area (Å²) >= 11 is 5.75. The van der Waals surface area contributed by atoms with Gasteiger partial charge in [0.1, 0.15) is 5.15 Å². The Hall–Kier alpha value is -1.13. The van der Waals surface area contributed by atoms with Crippen LogP contribution in [0.2, 0.25) is 5.15 Å². The first-order chi connectivity index (χ1) is 9.74. The number of nitrogens with zero attached hydrogens (tertiary/aromatic N) is 3. The largest absolute Gasteiger partial charge is 0.336 e. The van der Waals surface area contributed by atoms with Crippen molar-refractivity contribution in [3.63, 3.8) is 0 Å². The lowest BCUT2D eigenvalue weighted by Crippen LogP contribution is -2.51. The van der Waals surface area contributed by atoms with E-state index in [0.29, 0.717) is 10.7 Å². The van der Waals surface area contributed by atoms with E-state index < -0.39 is 0 Å². The molecule has 3 rings (SSSR count). The predicted molar refractivity (Wildman–Crippen MR) is 79.0 cm³/mol. The lowest BCUT2D eigenvalue weighted by molar-refractivity contribution is 0.0573. The van der Waals surface area contributed by atoms with E-state index >= 15 is 0 Å². The van der Waals surface area contributed by atoms with Gasteiger partial charge in [0.2, 0.25) is 0 Å². The minimum atomic E-state index is 0.0697. The fourth-order valence-electron chi connectivity index (χ4n) is 3.24. The molecule has 1 aliphatic carbocycles. The SMILES string of the molecule is O=C(c1ccc(Cl)nc1)N1CCN(C2CCCC2)CC1. The second-order valence-corrected chi connectivity index (χ2v) is 6.02. The van der Waals surface area contributed by atoms with Crippen molar-refractivity contribution in [2.24, 2.45) is 0 Å². The second-order valence-electron chi connectivity index (χ2n) is 5.64. The van der Waals surface area contributed by atoms with Crippen molar-refractivity contribution in [2.75, 3.05) is 26.2 Å². The fraction of sp³-hybridized carbons (Fsp3) is 0.600. The van der Waals surface area contributed by atoms with Gasteiger partial charge in [0.15, 0.2) is 0 Å². The highest BCUT2D eigenvalue weighted by Gasteiger charge is 2.28. The summed E-state index contributed by atoms with van der Waals surface area (Å²) < 4.78 is 0. The quantitative estimate of drug-likeness (QED) is 0.786. The Kier molecular flexibility index (Phi) is 4.22. The molecule has 1 saturated heterocycles. The van der Waals surface area contributed by atoms with E-state index in [-0.39, 0.29) is 5.91 Å². The van der Waals surface area contributed by atoms with Crippen LogP contribution in [0.15, 0.2) is 18.3 Å². The summed E-state index contributed by atoms with van der Waals surface area (Å²) in [5.41, 5.74) is 0.628. The summed E-state index contributed by atoms with van der Waals surface area (Å²) in [5.74, 6) is 0.0697. The van der Waals surface area contributed by atoms with E-state index in [1.165, 1.54) is 25.7 Å². The predicted octanol–water partition coefficient (Wildman–Crippen LogP) is 2.44. The number of rotatable bonds is 2. The van der Waals surface area contributed by atoms with Gasteiger partial charge in [-0.1, -0.05) is 24.4 Å². The Morgan fingerprint density at radius 3 is 2.45 bits per heavy atom. The van der Waals surface area contributed by atoms with Gasteiger partial charge in [0.25, 0.3) is 5.91 Å². The van der Waals surface area contributed by atoms with Crippen LogP contribution < -0.4 is 0 Å². The van der Waals surface area contributed by atoms with Gasteiger partial charge in [-0.15, -0.1) is 0 Å². The molecule has 1 aromatic rings. The molecule has 0 bridgehead atoms. The van der Waals surface area contributed by atoms with E-state index in [1.54, 1.807) is 18.3 Å². The zero-order valence-corrected chi connectivity index (χ0v) is 12.4. The van der Waals surface area contributed by atoms with Crippen molar-refractivity contribution in [1.82, 2.24) is 14.8 Å². The number of amides is 1. The van der Waals surface area contributed by atoms with Gasteiger partial charge >= 0.3 is 0 Å². The van der Waals surface area contributed by atoms with Crippen molar-refractivity contribution in [2.45, 2.75) is 31.7 Å². The molecule has 0 atom stereocenters. The molecule has 1 aliphatic heterocycles. The summed E-state index contributed by atoms with van der Waals surface area (Å²) in [6, 6.07) is 4.18. The van der Waals surface area contributed by atoms with Gasteiger partial charge in [-0.05, 0) is 25.0 Å². The Balaban J connectivity index is 1.57. The monoisotopic (exact) mass is 293 g/mol. The maximum absolute atomic E-state index is 12.4. The van der Waals surface area contributed by atoms with Crippen LogP contribution in [0.1, 0.15) is 36.0 Å². The van der Waals surface area contributed by atoms with Crippen LogP contribution in [-0.4, -0.2) is 52.9 Å². The summed E-state index contributed by atoms with van der Waals surface area (Å²) in [4.78, 5) is 20.8. The molecule has 20 heavy (non-hydrogen) atoms. The molecular weight excluding hydrogens is 274 g/mol. The average molecular weight is 294 g/mol. The molecule has 1 saturated carbocycles. The molecule has 2 fully saturated rings. The van der Waals surface area contributed by atoms with Crippen LogP contribution in [0.5, 0.6) is 0 Å². The molecule has 5 heteroatoms. The molecule has 1 amide bonds. The number of halogens is 1. The molecule has 0 spiro atoms. The smallest absolute Gasteiger partial charge is 0.255 e. The summed E-state index contributed by atoms with van der Waals surface area (Å²) in [5, 5.41) is 0.424. The van der Waals surface area contributed by atoms with Crippen LogP contribution in [-0.2, 0) is 0 Å². The molecular formula is C15H20ClN3O. The highest BCUT2D eigenvalue weighted by atomic mass is 35.5. The second kappa shape index (κ2) is 6.10. The Labute approximate surface area is 124 Å². The number of aromatic nitrogens is 1. The molecule has 4 nitrogen and oxygen atoms in total. The number of hydrogen-bond acceptors (Lipinski definition) is 3. The molecule has 2 aliphatic rings. The molecule has 0 radical (unpaired) electrons. The number of hydrogen-bond donors (Lipinski definition) is 0. The first kappa shape index (κ1) is 13.8. The first-order valence-corrected chi connectivity index (χ1v) is 7.77. The first-order valence-electron chi connectivity index (χ1n) is 7.39. The average Bonchev–Trinajstić information content (AvgIpc) is 3.02. The van der Waals surface area contributed by atoms with Crippen LogP contribution in [0.3, 0.4) is 0 Å². The normalized spacial score (nSPS) is 21.4. The van der Waals surface area contributed by atoms with Crippen LogP contribution in [0, 0.1) is 0 Å². The Bertz CT molecular complexity index is 463. The molecule has 0 unspecified atom stereocenters. The van der Waals surface area contributed by atoms with Gasteiger partial charge in [-0.25, -0.2) is 4.98 Å². The zero-order valence-electron chi connectivity index (χ0n) is 11.6. The van der Waals surface area contributed by atoms with E-state index in [4.69, 9.17) is 11.6 Å². The van der Waals surface area contributed by atoms with Gasteiger partial charge in [-0.3, -0.25) is 9.69 Å². The molecule has 108 valence electrons. The van der Waals surface area contributed by atoms with Crippen molar-refractivity contribution in [3.8, 4) is 0 Å². The lowest BCUT2D eigenvalue weighted by Gasteiger charge is -2.38. The maximum Gasteiger partial charge on any atom is 0.255 e. The third kappa shape index (κ3) is 2.96. The number of carbonyl (C=O) groups is 1. The lowest BCUT2D eigenvalue weighted by atomic mass is 10.1. The minimum Gasteiger partial charge on any atom is -0.336 e. The Morgan fingerprint density at radius 2 is 1.85 bits per heavy atom. The van der Waals surface area contributed by atoms with Crippen LogP contribution >= 0.6 is 11.6 Å². The van der Waals surface area contributed by atoms with Gasteiger partial charge in [0.05, 0.1) is 5.56 Å². The minimum absolute atomic E-state index is 0.0697. The molecule has 1 aromatic heterocycles. The Morgan fingerprint density at radius 1 is 1.15 bits per heavy atom. The zero-order chi connectivity index (χ0) is 13.9. The van der Waals surface area contributed by atoms with Crippen LogP contribution in [0.4, 0.5) is 0 Å².